The van der Waals surface area contributed by atoms with Crippen LogP contribution in [0.5, 0.6) is 0 Å². The SMILES string of the molecule is Fc1ccc(Cl)cc1-c1nc(Cl)c2cccn2n1. The Balaban J connectivity index is 2.27. The van der Waals surface area contributed by atoms with Crippen LogP contribution in [0.25, 0.3) is 16.9 Å². The molecule has 0 aliphatic heterocycles. The Bertz CT molecular complexity index is 739. The lowest BCUT2D eigenvalue weighted by atomic mass is 10.2. The predicted molar refractivity (Wildman–Crippen MR) is 68.4 cm³/mol. The van der Waals surface area contributed by atoms with E-state index in [1.807, 2.05) is 0 Å². The van der Waals surface area contributed by atoms with Crippen molar-refractivity contribution in [2.75, 3.05) is 0 Å². The van der Waals surface area contributed by atoms with Gasteiger partial charge in [0.1, 0.15) is 11.3 Å². The van der Waals surface area contributed by atoms with Crippen molar-refractivity contribution in [1.29, 1.82) is 0 Å². The average molecular weight is 282 g/mol. The number of halogens is 3. The van der Waals surface area contributed by atoms with E-state index >= 15 is 0 Å². The van der Waals surface area contributed by atoms with Gasteiger partial charge in [0, 0.05) is 11.2 Å². The van der Waals surface area contributed by atoms with Crippen molar-refractivity contribution in [1.82, 2.24) is 14.6 Å². The lowest BCUT2D eigenvalue weighted by Gasteiger charge is -2.04. The van der Waals surface area contributed by atoms with E-state index in [9.17, 15) is 4.39 Å². The molecule has 0 bridgehead atoms. The van der Waals surface area contributed by atoms with Crippen LogP contribution < -0.4 is 0 Å². The molecule has 0 unspecified atom stereocenters. The van der Waals surface area contributed by atoms with Gasteiger partial charge < -0.3 is 0 Å². The number of hydrogen-bond acceptors (Lipinski definition) is 2. The maximum atomic E-state index is 13.7. The van der Waals surface area contributed by atoms with Crippen LogP contribution in [0.4, 0.5) is 4.39 Å². The highest BCUT2D eigenvalue weighted by Crippen LogP contribution is 2.25. The molecule has 0 atom stereocenters. The number of benzene rings is 1. The minimum Gasteiger partial charge on any atom is -0.236 e. The maximum absolute atomic E-state index is 13.7. The van der Waals surface area contributed by atoms with Gasteiger partial charge in [-0.25, -0.2) is 13.9 Å². The summed E-state index contributed by atoms with van der Waals surface area (Å²) in [5, 5.41) is 4.87. The lowest BCUT2D eigenvalue weighted by Crippen LogP contribution is -1.99. The van der Waals surface area contributed by atoms with Crippen molar-refractivity contribution in [2.24, 2.45) is 0 Å². The van der Waals surface area contributed by atoms with Gasteiger partial charge in [-0.1, -0.05) is 23.2 Å². The van der Waals surface area contributed by atoms with Crippen molar-refractivity contribution < 1.29 is 4.39 Å². The van der Waals surface area contributed by atoms with E-state index in [4.69, 9.17) is 23.2 Å². The van der Waals surface area contributed by atoms with Crippen LogP contribution in [0.15, 0.2) is 36.5 Å². The quantitative estimate of drug-likeness (QED) is 0.678. The number of fused-ring (bicyclic) bond motifs is 1. The largest absolute Gasteiger partial charge is 0.236 e. The van der Waals surface area contributed by atoms with Crippen molar-refractivity contribution in [3.63, 3.8) is 0 Å². The number of hydrogen-bond donors (Lipinski definition) is 0. The van der Waals surface area contributed by atoms with Crippen LogP contribution in [-0.2, 0) is 0 Å². The molecule has 0 spiro atoms. The Morgan fingerprint density at radius 3 is 2.83 bits per heavy atom. The summed E-state index contributed by atoms with van der Waals surface area (Å²) in [6.45, 7) is 0. The fourth-order valence-electron chi connectivity index (χ4n) is 1.68. The van der Waals surface area contributed by atoms with Crippen LogP contribution in [-0.4, -0.2) is 14.6 Å². The Morgan fingerprint density at radius 2 is 2.00 bits per heavy atom. The summed E-state index contributed by atoms with van der Waals surface area (Å²) in [4.78, 5) is 4.08. The van der Waals surface area contributed by atoms with E-state index in [0.717, 1.165) is 0 Å². The molecule has 18 heavy (non-hydrogen) atoms. The highest BCUT2D eigenvalue weighted by molar-refractivity contribution is 6.32. The highest BCUT2D eigenvalue weighted by Gasteiger charge is 2.12. The molecule has 2 heterocycles. The van der Waals surface area contributed by atoms with Crippen LogP contribution >= 0.6 is 23.2 Å². The topological polar surface area (TPSA) is 30.2 Å². The fraction of sp³-hybridized carbons (Fsp3) is 0. The first-order valence-electron chi connectivity index (χ1n) is 5.11. The summed E-state index contributed by atoms with van der Waals surface area (Å²) in [7, 11) is 0. The van der Waals surface area contributed by atoms with E-state index in [-0.39, 0.29) is 16.5 Å². The zero-order valence-electron chi connectivity index (χ0n) is 8.94. The third-order valence-corrected chi connectivity index (χ3v) is 3.03. The van der Waals surface area contributed by atoms with E-state index in [2.05, 4.69) is 10.1 Å². The first-order chi connectivity index (χ1) is 8.65. The molecule has 90 valence electrons. The summed E-state index contributed by atoms with van der Waals surface area (Å²) in [6.07, 6.45) is 1.72. The van der Waals surface area contributed by atoms with Crippen LogP contribution in [0.2, 0.25) is 10.2 Å². The minimum absolute atomic E-state index is 0.198. The van der Waals surface area contributed by atoms with Gasteiger partial charge in [0.05, 0.1) is 5.56 Å². The zero-order valence-corrected chi connectivity index (χ0v) is 10.5. The van der Waals surface area contributed by atoms with Gasteiger partial charge >= 0.3 is 0 Å². The second-order valence-corrected chi connectivity index (χ2v) is 4.48. The normalized spacial score (nSPS) is 11.1. The third-order valence-electron chi connectivity index (χ3n) is 2.52. The van der Waals surface area contributed by atoms with Crippen molar-refractivity contribution >= 4 is 28.7 Å². The summed E-state index contributed by atoms with van der Waals surface area (Å²) < 4.78 is 15.3. The number of rotatable bonds is 1. The lowest BCUT2D eigenvalue weighted by molar-refractivity contribution is 0.629. The predicted octanol–water partition coefficient (Wildman–Crippen LogP) is 3.84. The molecule has 0 saturated carbocycles. The van der Waals surface area contributed by atoms with Crippen molar-refractivity contribution in [3.8, 4) is 11.4 Å². The zero-order chi connectivity index (χ0) is 12.7. The summed E-state index contributed by atoms with van der Waals surface area (Å²) >= 11 is 11.9. The molecule has 0 radical (unpaired) electrons. The summed E-state index contributed by atoms with van der Waals surface area (Å²) in [5.41, 5.74) is 0.892. The molecule has 1 aromatic carbocycles. The van der Waals surface area contributed by atoms with Crippen LogP contribution in [0.3, 0.4) is 0 Å². The molecule has 2 aromatic heterocycles. The highest BCUT2D eigenvalue weighted by atomic mass is 35.5. The van der Waals surface area contributed by atoms with E-state index in [1.54, 1.807) is 22.8 Å². The minimum atomic E-state index is -0.443. The molecule has 6 heteroatoms. The molecule has 3 rings (SSSR count). The monoisotopic (exact) mass is 281 g/mol. The summed E-state index contributed by atoms with van der Waals surface area (Å²) in [5.74, 6) is -0.245. The third kappa shape index (κ3) is 1.83. The standard InChI is InChI=1S/C12H6Cl2FN3/c13-7-3-4-9(15)8(6-7)12-16-11(14)10-2-1-5-18(10)17-12/h1-6H. The van der Waals surface area contributed by atoms with E-state index < -0.39 is 5.82 Å². The second kappa shape index (κ2) is 4.23. The summed E-state index contributed by atoms with van der Waals surface area (Å²) in [6, 6.07) is 7.78. The van der Waals surface area contributed by atoms with Gasteiger partial charge in [-0.15, -0.1) is 5.10 Å². The van der Waals surface area contributed by atoms with E-state index in [1.165, 1.54) is 18.2 Å². The van der Waals surface area contributed by atoms with Crippen LogP contribution in [0.1, 0.15) is 0 Å². The van der Waals surface area contributed by atoms with Gasteiger partial charge in [-0.05, 0) is 30.3 Å². The maximum Gasteiger partial charge on any atom is 0.184 e. The fourth-order valence-corrected chi connectivity index (χ4v) is 2.08. The van der Waals surface area contributed by atoms with E-state index in [0.29, 0.717) is 10.5 Å². The van der Waals surface area contributed by atoms with Crippen molar-refractivity contribution in [2.45, 2.75) is 0 Å². The molecule has 3 aromatic rings. The van der Waals surface area contributed by atoms with Gasteiger partial charge in [-0.2, -0.15) is 0 Å². The number of aromatic nitrogens is 3. The first kappa shape index (κ1) is 11.4. The van der Waals surface area contributed by atoms with Gasteiger partial charge in [0.25, 0.3) is 0 Å². The molecule has 3 nitrogen and oxygen atoms in total. The first-order valence-corrected chi connectivity index (χ1v) is 5.87. The molecule has 0 amide bonds. The average Bonchev–Trinajstić information content (AvgIpc) is 2.81. The van der Waals surface area contributed by atoms with Gasteiger partial charge in [0.2, 0.25) is 0 Å². The molecule has 0 saturated heterocycles. The molecule has 0 aliphatic carbocycles. The second-order valence-electron chi connectivity index (χ2n) is 3.69. The Hall–Kier alpha value is -1.65. The van der Waals surface area contributed by atoms with Gasteiger partial charge in [0.15, 0.2) is 11.0 Å². The molecular formula is C12H6Cl2FN3. The Labute approximate surface area is 112 Å². The van der Waals surface area contributed by atoms with Crippen LogP contribution in [0, 0.1) is 5.82 Å². The number of nitrogens with zero attached hydrogens (tertiary/aromatic N) is 3. The van der Waals surface area contributed by atoms with Gasteiger partial charge in [-0.3, -0.25) is 0 Å². The smallest absolute Gasteiger partial charge is 0.184 e. The Kier molecular flexibility index (Phi) is 2.69. The Morgan fingerprint density at radius 1 is 1.17 bits per heavy atom. The molecular weight excluding hydrogens is 276 g/mol. The molecule has 0 aliphatic rings. The molecule has 0 fully saturated rings. The molecule has 0 N–H and O–H groups in total. The van der Waals surface area contributed by atoms with Crippen molar-refractivity contribution in [3.05, 3.63) is 52.5 Å².